The second kappa shape index (κ2) is 9.25. The summed E-state index contributed by atoms with van der Waals surface area (Å²) in [7, 11) is 4.56. The van der Waals surface area contributed by atoms with Crippen molar-refractivity contribution in [2.75, 3.05) is 21.2 Å². The maximum atomic E-state index is 13.9. The second-order valence-corrected chi connectivity index (χ2v) is 11.1. The van der Waals surface area contributed by atoms with Crippen molar-refractivity contribution in [2.45, 2.75) is 24.5 Å². The predicted molar refractivity (Wildman–Crippen MR) is 138 cm³/mol. The SMILES string of the molecule is COc1ccc(Cl)cc1-c1ccc(O)c2c1C[C@H]1C[C@H]3[C@H](N(C)C)C(=O)C(C(N)=O)C(=O)[C@@]3(O)C(=O)C1C2=O. The number of rotatable bonds is 4. The fourth-order valence-electron chi connectivity index (χ4n) is 6.75. The number of hydrogen-bond donors (Lipinski definition) is 3. The van der Waals surface area contributed by atoms with Gasteiger partial charge in [0.25, 0.3) is 0 Å². The van der Waals surface area contributed by atoms with Crippen LogP contribution in [-0.2, 0) is 25.6 Å². The van der Waals surface area contributed by atoms with Crippen molar-refractivity contribution in [1.82, 2.24) is 4.90 Å². The van der Waals surface area contributed by atoms with Crippen LogP contribution in [0, 0.1) is 23.7 Å². The minimum absolute atomic E-state index is 0.0360. The summed E-state index contributed by atoms with van der Waals surface area (Å²) in [6, 6.07) is 6.78. The quantitative estimate of drug-likeness (QED) is 0.471. The number of carbonyl (C=O) groups excluding carboxylic acids is 5. The predicted octanol–water partition coefficient (Wildman–Crippen LogP) is 1.20. The molecule has 10 nitrogen and oxygen atoms in total. The number of benzene rings is 2. The van der Waals surface area contributed by atoms with Crippen LogP contribution < -0.4 is 10.5 Å². The molecule has 0 aliphatic heterocycles. The molecule has 0 heterocycles. The van der Waals surface area contributed by atoms with Crippen LogP contribution in [0.4, 0.5) is 0 Å². The van der Waals surface area contributed by atoms with Gasteiger partial charge in [-0.05, 0) is 68.2 Å². The molecule has 3 aliphatic rings. The maximum absolute atomic E-state index is 13.9. The monoisotopic (exact) mass is 554 g/mol. The largest absolute Gasteiger partial charge is 0.507 e. The standard InChI is InChI=1S/C28H27ClN2O8/c1-31(2)22-16-9-11-8-15-13(14-10-12(29)4-7-18(14)39-3)5-6-17(32)20(15)23(33)19(11)25(35)28(16,38)26(36)21(24(22)34)27(30)37/h4-7,10-11,16,19,21-22,32,38H,8-9H2,1-3H3,(H2,30,37)/t11-,16-,19?,21?,22-,28-/m0/s1. The maximum Gasteiger partial charge on any atom is 0.235 e. The fraction of sp³-hybridized carbons (Fsp3) is 0.393. The highest BCUT2D eigenvalue weighted by atomic mass is 35.5. The topological polar surface area (TPSA) is 164 Å². The molecule has 2 aromatic rings. The first-order valence-corrected chi connectivity index (χ1v) is 12.8. The lowest BCUT2D eigenvalue weighted by molar-refractivity contribution is -0.181. The Balaban J connectivity index is 1.68. The van der Waals surface area contributed by atoms with Crippen LogP contribution in [0.3, 0.4) is 0 Å². The van der Waals surface area contributed by atoms with E-state index in [4.69, 9.17) is 22.1 Å². The summed E-state index contributed by atoms with van der Waals surface area (Å²) in [6.45, 7) is 0. The molecule has 0 saturated heterocycles. The number of hydrogen-bond acceptors (Lipinski definition) is 9. The van der Waals surface area contributed by atoms with Crippen molar-refractivity contribution < 1.29 is 38.9 Å². The Morgan fingerprint density at radius 3 is 2.41 bits per heavy atom. The summed E-state index contributed by atoms with van der Waals surface area (Å²) in [5.74, 6) is -10.4. The van der Waals surface area contributed by atoms with Gasteiger partial charge in [-0.1, -0.05) is 17.7 Å². The van der Waals surface area contributed by atoms with E-state index in [1.807, 2.05) is 0 Å². The Hall–Kier alpha value is -3.60. The molecule has 2 aromatic carbocycles. The number of amides is 1. The molecule has 2 fully saturated rings. The van der Waals surface area contributed by atoms with Crippen LogP contribution in [0.1, 0.15) is 22.3 Å². The normalized spacial score (nSPS) is 30.1. The van der Waals surface area contributed by atoms with Crippen LogP contribution in [0.15, 0.2) is 30.3 Å². The van der Waals surface area contributed by atoms with E-state index in [9.17, 15) is 34.2 Å². The molecule has 2 saturated carbocycles. The minimum atomic E-state index is -2.76. The summed E-state index contributed by atoms with van der Waals surface area (Å²) in [5.41, 5.74) is 4.09. The number of aliphatic hydroxyl groups is 1. The van der Waals surface area contributed by atoms with Crippen molar-refractivity contribution in [3.8, 4) is 22.6 Å². The molecule has 11 heteroatoms. The van der Waals surface area contributed by atoms with Gasteiger partial charge in [0.1, 0.15) is 11.5 Å². The lowest BCUT2D eigenvalue weighted by Gasteiger charge is -2.52. The number of nitrogens with zero attached hydrogens (tertiary/aromatic N) is 1. The van der Waals surface area contributed by atoms with E-state index in [0.29, 0.717) is 27.5 Å². The lowest BCUT2D eigenvalue weighted by atomic mass is 9.52. The number of Topliss-reactive ketones (excluding diaryl/α,β-unsaturated/α-hetero) is 4. The van der Waals surface area contributed by atoms with Gasteiger partial charge >= 0.3 is 0 Å². The first-order valence-electron chi connectivity index (χ1n) is 12.4. The number of ketones is 4. The van der Waals surface area contributed by atoms with Crippen LogP contribution in [0.25, 0.3) is 11.1 Å². The number of halogens is 1. The zero-order valence-corrected chi connectivity index (χ0v) is 22.2. The van der Waals surface area contributed by atoms with Gasteiger partial charge in [0.05, 0.1) is 24.6 Å². The summed E-state index contributed by atoms with van der Waals surface area (Å²) >= 11 is 6.25. The molecule has 0 spiro atoms. The van der Waals surface area contributed by atoms with E-state index in [-0.39, 0.29) is 24.2 Å². The van der Waals surface area contributed by atoms with Gasteiger partial charge in [-0.25, -0.2) is 0 Å². The smallest absolute Gasteiger partial charge is 0.235 e. The molecule has 6 atom stereocenters. The van der Waals surface area contributed by atoms with Crippen LogP contribution in [-0.4, -0.2) is 77.0 Å². The van der Waals surface area contributed by atoms with E-state index < -0.39 is 64.4 Å². The lowest BCUT2D eigenvalue weighted by Crippen LogP contribution is -2.74. The number of phenolic OH excluding ortho intramolecular Hbond substituents is 1. The molecule has 204 valence electrons. The zero-order valence-electron chi connectivity index (χ0n) is 21.4. The number of likely N-dealkylation sites (N-methyl/N-ethyl adjacent to an activating group) is 1. The van der Waals surface area contributed by atoms with E-state index in [1.165, 1.54) is 32.2 Å². The third-order valence-corrected chi connectivity index (χ3v) is 8.63. The average Bonchev–Trinajstić information content (AvgIpc) is 2.86. The van der Waals surface area contributed by atoms with Gasteiger partial charge in [0, 0.05) is 16.5 Å². The number of aromatic hydroxyl groups is 1. The van der Waals surface area contributed by atoms with Crippen molar-refractivity contribution in [1.29, 1.82) is 0 Å². The van der Waals surface area contributed by atoms with E-state index in [1.54, 1.807) is 24.3 Å². The molecule has 3 aliphatic carbocycles. The number of methoxy groups -OCH3 is 1. The fourth-order valence-corrected chi connectivity index (χ4v) is 6.92. The molecule has 2 unspecified atom stereocenters. The number of carbonyl (C=O) groups is 5. The van der Waals surface area contributed by atoms with Crippen LogP contribution in [0.5, 0.6) is 11.5 Å². The van der Waals surface area contributed by atoms with Gasteiger partial charge in [-0.3, -0.25) is 28.9 Å². The Morgan fingerprint density at radius 2 is 1.79 bits per heavy atom. The second-order valence-electron chi connectivity index (χ2n) is 10.6. The highest BCUT2D eigenvalue weighted by Gasteiger charge is 2.69. The average molecular weight is 555 g/mol. The van der Waals surface area contributed by atoms with Gasteiger partial charge < -0.3 is 20.7 Å². The third-order valence-electron chi connectivity index (χ3n) is 8.40. The van der Waals surface area contributed by atoms with Crippen molar-refractivity contribution in [3.63, 3.8) is 0 Å². The number of ether oxygens (including phenoxy) is 1. The number of nitrogens with two attached hydrogens (primary N) is 1. The highest BCUT2D eigenvalue weighted by Crippen LogP contribution is 2.52. The molecule has 1 amide bonds. The van der Waals surface area contributed by atoms with Crippen molar-refractivity contribution in [3.05, 3.63) is 46.5 Å². The zero-order chi connectivity index (χ0) is 28.5. The molecule has 0 aromatic heterocycles. The molecule has 0 bridgehead atoms. The summed E-state index contributed by atoms with van der Waals surface area (Å²) in [5, 5.41) is 22.8. The molecule has 0 radical (unpaired) electrons. The van der Waals surface area contributed by atoms with Gasteiger partial charge in [0.2, 0.25) is 5.91 Å². The molecular weight excluding hydrogens is 528 g/mol. The van der Waals surface area contributed by atoms with Gasteiger partial charge in [-0.15, -0.1) is 0 Å². The van der Waals surface area contributed by atoms with Crippen molar-refractivity contribution in [2.24, 2.45) is 29.4 Å². The minimum Gasteiger partial charge on any atom is -0.507 e. The Morgan fingerprint density at radius 1 is 1.10 bits per heavy atom. The van der Waals surface area contributed by atoms with E-state index in [0.717, 1.165) is 0 Å². The Labute approximate surface area is 228 Å². The molecular formula is C28H27ClN2O8. The van der Waals surface area contributed by atoms with Gasteiger partial charge in [-0.2, -0.15) is 0 Å². The Kier molecular flexibility index (Phi) is 6.40. The van der Waals surface area contributed by atoms with Crippen LogP contribution in [0.2, 0.25) is 5.02 Å². The summed E-state index contributed by atoms with van der Waals surface area (Å²) < 4.78 is 5.49. The summed E-state index contributed by atoms with van der Waals surface area (Å²) in [4.78, 5) is 67.9. The van der Waals surface area contributed by atoms with E-state index >= 15 is 0 Å². The number of fused-ring (bicyclic) bond motifs is 3. The van der Waals surface area contributed by atoms with Crippen molar-refractivity contribution >= 4 is 40.6 Å². The molecule has 4 N–H and O–H groups in total. The summed E-state index contributed by atoms with van der Waals surface area (Å²) in [6.07, 6.45) is 0.0942. The first kappa shape index (κ1) is 27.0. The first-order chi connectivity index (χ1) is 18.3. The van der Waals surface area contributed by atoms with E-state index in [2.05, 4.69) is 0 Å². The van der Waals surface area contributed by atoms with Gasteiger partial charge in [0.15, 0.2) is 34.7 Å². The molecule has 39 heavy (non-hydrogen) atoms. The van der Waals surface area contributed by atoms with Crippen LogP contribution >= 0.6 is 11.6 Å². The Bertz CT molecular complexity index is 1470. The highest BCUT2D eigenvalue weighted by molar-refractivity contribution is 6.32. The number of phenols is 1. The third kappa shape index (κ3) is 3.73. The molecule has 5 rings (SSSR count). The number of primary amides is 1.